The van der Waals surface area contributed by atoms with Crippen LogP contribution in [0.3, 0.4) is 0 Å². The molecule has 4 saturated heterocycles. The number of benzene rings is 3. The Morgan fingerprint density at radius 3 is 1.56 bits per heavy atom. The number of rotatable bonds is 23. The SMILES string of the molecule is CCC(=O)Nc1ccc(Sc2nc(CCN3CCC3)cc(Nc3cc(C)[nH]n3)n2)cc1.CCC1(F)CN(c2cc(Nc3cc(C)[nH]n3)nc(Sc3ccc(NC(=O)CC(F)(F)F)cc3)n2)C1.Cc1cc(Nc2cc(N3CC(N4CCOCC4)C3)nc(Sc3ccc4nc(C(F)(F)F)n(C)c4c3)n2)n[nH]1.[HH].[HH].[HH].[HH].[HH].[HH].[HH]. The van der Waals surface area contributed by atoms with E-state index in [4.69, 9.17) is 14.7 Å². The minimum Gasteiger partial charge on any atom is -0.379 e. The number of aromatic nitrogens is 14. The summed E-state index contributed by atoms with van der Waals surface area (Å²) in [6.07, 6.45) is -7.61. The molecule has 0 saturated carbocycles. The molecule has 0 spiro atoms. The second-order valence-electron chi connectivity index (χ2n) is 25.3. The lowest BCUT2D eigenvalue weighted by Crippen LogP contribution is -2.61. The summed E-state index contributed by atoms with van der Waals surface area (Å²) in [6, 6.07) is 30.7. The number of likely N-dealkylation sites (tertiary alicyclic amines) is 1. The average molecular weight is 1510 g/mol. The Hall–Kier alpha value is -9.62. The van der Waals surface area contributed by atoms with Crippen LogP contribution in [-0.4, -0.2) is 182 Å². The molecule has 2 amide bonds. The predicted molar refractivity (Wildman–Crippen MR) is 399 cm³/mol. The fourth-order valence-corrected chi connectivity index (χ4v) is 13.6. The van der Waals surface area contributed by atoms with Gasteiger partial charge in [0.15, 0.2) is 32.9 Å². The number of ether oxygens (including phenoxy) is 1. The van der Waals surface area contributed by atoms with Gasteiger partial charge in [0.1, 0.15) is 41.2 Å². The molecular weight excluding hydrogens is 1420 g/mol. The van der Waals surface area contributed by atoms with Crippen LogP contribution < -0.4 is 36.4 Å². The number of fused-ring (bicyclic) bond motifs is 1. The van der Waals surface area contributed by atoms with Crippen LogP contribution in [0.1, 0.15) is 78.1 Å². The van der Waals surface area contributed by atoms with E-state index in [0.29, 0.717) is 78.7 Å². The zero-order valence-electron chi connectivity index (χ0n) is 57.5. The number of aromatic amines is 3. The summed E-state index contributed by atoms with van der Waals surface area (Å²) in [7, 11) is 1.37. The number of anilines is 10. The molecule has 8 N–H and O–H groups in total. The van der Waals surface area contributed by atoms with Crippen molar-refractivity contribution in [3.63, 3.8) is 0 Å². The van der Waals surface area contributed by atoms with Crippen molar-refractivity contribution in [2.45, 2.75) is 121 Å². The maximum Gasteiger partial charge on any atom is 0.449 e. The van der Waals surface area contributed by atoms with Gasteiger partial charge in [0.05, 0.1) is 37.3 Å². The van der Waals surface area contributed by atoms with E-state index in [2.05, 4.69) is 96.8 Å². The van der Waals surface area contributed by atoms with Gasteiger partial charge in [-0.1, -0.05) is 13.8 Å². The number of nitrogens with one attached hydrogen (secondary N) is 8. The number of amides is 2. The van der Waals surface area contributed by atoms with Crippen LogP contribution in [0.15, 0.2) is 133 Å². The summed E-state index contributed by atoms with van der Waals surface area (Å²) in [5.74, 6) is 3.01. The standard InChI is InChI=1S/C24H26F3N9OS.C22H23F4N7OS.C22H27N7OS.7H2/c1-14-9-20(33-32-14)29-19-11-21(36-12-15(13-36)35-5-7-37-8-6-35)31-23(30-19)38-16-3-4-17-18(10-16)34(2)22(28-17)24(25,26)27;1-3-21(23)11-33(12-21)18-9-16(28-17-8-13(2)31-32-17)29-20(30-18)35-15-6-4-14(5-7-15)27-19(34)10-22(24,25)26;1-3-21(30)23-16-5-7-18(8-6-16)31-22-24-17(9-12-29-10-4-11-29)14-19(26-22)25-20-13-15(2)27-28-20;;;;;;;/h3-4,9-11,15H,5-8,12-13H2,1-2H3,(H2,29,30,31,32,33);4-9H,3,10-12H2,1-2H3,(H,27,34)(H2,28,29,30,31,32);5-8,13-14H,3-4,9-12H2,1-2H3,(H,23,30)(H2,24,25,26,27,28);7*1H. The highest BCUT2D eigenvalue weighted by molar-refractivity contribution is 7.99. The fourth-order valence-electron chi connectivity index (χ4n) is 11.3. The van der Waals surface area contributed by atoms with Crippen molar-refractivity contribution in [2.24, 2.45) is 7.05 Å². The molecule has 562 valence electrons. The molecule has 0 unspecified atom stereocenters. The zero-order valence-corrected chi connectivity index (χ0v) is 60.0. The molecule has 10 aromatic rings. The topological polar surface area (TPSA) is 298 Å². The van der Waals surface area contributed by atoms with E-state index >= 15 is 0 Å². The number of nitrogens with zero attached hydrogens (tertiary/aromatic N) is 15. The predicted octanol–water partition coefficient (Wildman–Crippen LogP) is 14.8. The van der Waals surface area contributed by atoms with Crippen molar-refractivity contribution in [3.8, 4) is 0 Å². The summed E-state index contributed by atoms with van der Waals surface area (Å²) in [4.78, 5) is 66.1. The third kappa shape index (κ3) is 20.2. The summed E-state index contributed by atoms with van der Waals surface area (Å²) >= 11 is 4.01. The summed E-state index contributed by atoms with van der Waals surface area (Å²) in [6.45, 7) is 18.3. The average Bonchev–Trinajstić information content (AvgIpc) is 1.68. The number of hydrogen-bond acceptors (Lipinski definition) is 23. The van der Waals surface area contributed by atoms with Gasteiger partial charge in [0.2, 0.25) is 17.6 Å². The normalized spacial score (nSPS) is 15.4. The molecule has 7 aromatic heterocycles. The van der Waals surface area contributed by atoms with Crippen LogP contribution in [0.4, 0.5) is 88.7 Å². The Morgan fingerprint density at radius 1 is 0.596 bits per heavy atom. The molecule has 0 aliphatic carbocycles. The maximum absolute atomic E-state index is 14.5. The highest BCUT2D eigenvalue weighted by atomic mass is 32.2. The molecule has 0 bridgehead atoms. The number of hydrogen-bond donors (Lipinski definition) is 8. The van der Waals surface area contributed by atoms with Gasteiger partial charge >= 0.3 is 12.4 Å². The molecule has 36 heteroatoms. The second kappa shape index (κ2) is 32.6. The zero-order chi connectivity index (χ0) is 73.3. The minimum atomic E-state index is -4.57. The van der Waals surface area contributed by atoms with Crippen LogP contribution in [0, 0.1) is 20.8 Å². The number of alkyl halides is 7. The van der Waals surface area contributed by atoms with Gasteiger partial charge in [-0.3, -0.25) is 29.8 Å². The van der Waals surface area contributed by atoms with E-state index in [0.717, 1.165) is 108 Å². The fraction of sp³-hybridized carbons (Fsp3) is 0.382. The largest absolute Gasteiger partial charge is 0.449 e. The van der Waals surface area contributed by atoms with E-state index in [9.17, 15) is 40.3 Å². The number of aryl methyl sites for hydroxylation is 4. The number of morpholine rings is 1. The maximum atomic E-state index is 14.5. The van der Waals surface area contributed by atoms with Crippen LogP contribution in [0.25, 0.3) is 11.0 Å². The number of halogens is 7. The molecule has 14 rings (SSSR count). The first-order chi connectivity index (χ1) is 49.8. The van der Waals surface area contributed by atoms with E-state index in [1.807, 2.05) is 87.2 Å². The van der Waals surface area contributed by atoms with Crippen molar-refractivity contribution < 1.29 is 55.0 Å². The van der Waals surface area contributed by atoms with Crippen molar-refractivity contribution in [1.29, 1.82) is 0 Å². The van der Waals surface area contributed by atoms with Gasteiger partial charge < -0.3 is 50.6 Å². The lowest BCUT2D eigenvalue weighted by atomic mass is 9.93. The van der Waals surface area contributed by atoms with E-state index in [1.54, 1.807) is 43.3 Å². The Bertz CT molecular complexity index is 4630. The van der Waals surface area contributed by atoms with Gasteiger partial charge in [-0.25, -0.2) is 39.3 Å². The molecular formula is C68H90F7N23O3S3. The molecule has 104 heavy (non-hydrogen) atoms. The smallest absolute Gasteiger partial charge is 0.379 e. The van der Waals surface area contributed by atoms with Crippen molar-refractivity contribution in [3.05, 3.63) is 132 Å². The van der Waals surface area contributed by atoms with Gasteiger partial charge in [0.25, 0.3) is 0 Å². The number of H-pyrrole nitrogens is 3. The molecule has 4 aliphatic rings. The monoisotopic (exact) mass is 1510 g/mol. The van der Waals surface area contributed by atoms with E-state index in [-0.39, 0.29) is 40.2 Å². The first kappa shape index (κ1) is 74.1. The molecule has 26 nitrogen and oxygen atoms in total. The Morgan fingerprint density at radius 2 is 1.09 bits per heavy atom. The second-order valence-corrected chi connectivity index (χ2v) is 28.4. The summed E-state index contributed by atoms with van der Waals surface area (Å²) < 4.78 is 98.1. The molecule has 0 atom stereocenters. The molecule has 11 heterocycles. The lowest BCUT2D eigenvalue weighted by Gasteiger charge is -2.47. The highest BCUT2D eigenvalue weighted by Gasteiger charge is 2.43. The van der Waals surface area contributed by atoms with Crippen molar-refractivity contribution >= 4 is 116 Å². The van der Waals surface area contributed by atoms with Gasteiger partial charge in [0, 0.05) is 154 Å². The summed E-state index contributed by atoms with van der Waals surface area (Å²) in [5, 5.41) is 37.6. The van der Waals surface area contributed by atoms with Crippen molar-refractivity contribution in [2.75, 3.05) is 109 Å². The van der Waals surface area contributed by atoms with Crippen LogP contribution >= 0.6 is 35.3 Å². The van der Waals surface area contributed by atoms with Gasteiger partial charge in [-0.15, -0.1) is 0 Å². The van der Waals surface area contributed by atoms with Gasteiger partial charge in [-0.05, 0) is 149 Å². The molecule has 3 aromatic carbocycles. The van der Waals surface area contributed by atoms with Crippen LogP contribution in [0.2, 0.25) is 0 Å². The molecule has 4 fully saturated rings. The quantitative estimate of drug-likeness (QED) is 0.0218. The number of imidazole rings is 1. The third-order valence-electron chi connectivity index (χ3n) is 17.0. The summed E-state index contributed by atoms with van der Waals surface area (Å²) in [5.41, 5.74) is 4.24. The highest BCUT2D eigenvalue weighted by Crippen LogP contribution is 2.39. The Labute approximate surface area is 616 Å². The van der Waals surface area contributed by atoms with Crippen LogP contribution in [-0.2, 0) is 34.0 Å². The van der Waals surface area contributed by atoms with Crippen LogP contribution in [0.5, 0.6) is 0 Å². The first-order valence-electron chi connectivity index (χ1n) is 33.5. The lowest BCUT2D eigenvalue weighted by molar-refractivity contribution is -0.150. The Kier molecular flexibility index (Phi) is 23.2. The number of carbonyl (C=O) groups excluding carboxylic acids is 2. The van der Waals surface area contributed by atoms with E-state index < -0.39 is 36.2 Å². The first-order valence-corrected chi connectivity index (χ1v) is 36.0. The minimum absolute atomic E-state index is 0. The molecule has 0 radical (unpaired) electrons. The Balaban J connectivity index is 0.000000290. The number of carbonyl (C=O) groups is 2. The van der Waals surface area contributed by atoms with Gasteiger partial charge in [-0.2, -0.15) is 41.6 Å². The molecule has 4 aliphatic heterocycles. The third-order valence-corrected chi connectivity index (χ3v) is 19.6. The van der Waals surface area contributed by atoms with Crippen molar-refractivity contribution in [1.82, 2.24) is 79.8 Å². The van der Waals surface area contributed by atoms with E-state index in [1.165, 1.54) is 74.0 Å².